The van der Waals surface area contributed by atoms with Crippen LogP contribution in [0.4, 0.5) is 0 Å². The molecule has 6 nitrogen and oxygen atoms in total. The number of methoxy groups -OCH3 is 1. The van der Waals surface area contributed by atoms with Crippen LogP contribution in [0.25, 0.3) is 0 Å². The molecule has 3 heterocycles. The van der Waals surface area contributed by atoms with Crippen LogP contribution in [0.5, 0.6) is 0 Å². The molecule has 0 spiro atoms. The largest absolute Gasteiger partial charge is 0.380 e. The van der Waals surface area contributed by atoms with Crippen molar-refractivity contribution < 1.29 is 28.4 Å². The fraction of sp³-hybridized carbons (Fsp3) is 0.889. The van der Waals surface area contributed by atoms with E-state index < -0.39 is 23.3 Å². The summed E-state index contributed by atoms with van der Waals surface area (Å²) in [4.78, 5) is 0. The van der Waals surface area contributed by atoms with E-state index in [1.807, 2.05) is 27.7 Å². The summed E-state index contributed by atoms with van der Waals surface area (Å²) in [5.74, 6) is 1.36. The third-order valence-electron chi connectivity index (χ3n) is 5.21. The summed E-state index contributed by atoms with van der Waals surface area (Å²) in [6.45, 7) is 10.1. The van der Waals surface area contributed by atoms with Crippen LogP contribution in [0, 0.1) is 17.8 Å². The number of hydrogen-bond donors (Lipinski definition) is 0. The molecular formula is C18H28O6. The van der Waals surface area contributed by atoms with Gasteiger partial charge in [0, 0.05) is 13.5 Å². The van der Waals surface area contributed by atoms with E-state index in [0.717, 1.165) is 0 Å². The molecule has 3 rings (SSSR count). The van der Waals surface area contributed by atoms with Gasteiger partial charge in [-0.2, -0.15) is 0 Å². The molecule has 0 amide bonds. The average molecular weight is 340 g/mol. The number of ether oxygens (including phenoxy) is 6. The summed E-state index contributed by atoms with van der Waals surface area (Å²) in [5, 5.41) is 0. The molecule has 6 atom stereocenters. The van der Waals surface area contributed by atoms with Crippen molar-refractivity contribution in [2.24, 2.45) is 5.41 Å². The molecule has 3 aliphatic rings. The van der Waals surface area contributed by atoms with Gasteiger partial charge in [0.1, 0.15) is 12.2 Å². The van der Waals surface area contributed by atoms with Crippen LogP contribution in [-0.2, 0) is 28.4 Å². The molecule has 0 aromatic carbocycles. The van der Waals surface area contributed by atoms with Crippen molar-refractivity contribution in [3.8, 4) is 12.3 Å². The van der Waals surface area contributed by atoms with Crippen molar-refractivity contribution in [1.29, 1.82) is 0 Å². The highest BCUT2D eigenvalue weighted by atomic mass is 16.8. The Hall–Kier alpha value is -0.680. The first-order chi connectivity index (χ1) is 11.1. The van der Waals surface area contributed by atoms with Crippen molar-refractivity contribution in [1.82, 2.24) is 0 Å². The molecule has 3 saturated heterocycles. The van der Waals surface area contributed by atoms with Crippen molar-refractivity contribution in [3.63, 3.8) is 0 Å². The van der Waals surface area contributed by atoms with Gasteiger partial charge in [-0.15, -0.1) is 12.3 Å². The Kier molecular flexibility index (Phi) is 4.49. The van der Waals surface area contributed by atoms with Crippen molar-refractivity contribution in [2.45, 2.75) is 83.3 Å². The highest BCUT2D eigenvalue weighted by molar-refractivity contribution is 5.10. The van der Waals surface area contributed by atoms with Crippen LogP contribution < -0.4 is 0 Å². The first-order valence-corrected chi connectivity index (χ1v) is 8.42. The zero-order valence-corrected chi connectivity index (χ0v) is 15.3. The molecule has 0 unspecified atom stereocenters. The molecule has 6 heteroatoms. The zero-order valence-electron chi connectivity index (χ0n) is 15.3. The zero-order chi connectivity index (χ0) is 17.8. The van der Waals surface area contributed by atoms with Crippen LogP contribution in [0.3, 0.4) is 0 Å². The minimum atomic E-state index is -0.706. The first kappa shape index (κ1) is 18.1. The third kappa shape index (κ3) is 2.88. The van der Waals surface area contributed by atoms with Crippen LogP contribution in [0.2, 0.25) is 0 Å². The highest BCUT2D eigenvalue weighted by Crippen LogP contribution is 2.53. The summed E-state index contributed by atoms with van der Waals surface area (Å²) in [6.07, 6.45) is 4.48. The van der Waals surface area contributed by atoms with E-state index in [4.69, 9.17) is 34.8 Å². The lowest BCUT2D eigenvalue weighted by Crippen LogP contribution is -2.53. The predicted octanol–water partition coefficient (Wildman–Crippen LogP) is 2.06. The molecule has 3 aliphatic heterocycles. The Morgan fingerprint density at radius 1 is 1.08 bits per heavy atom. The topological polar surface area (TPSA) is 55.4 Å². The molecule has 3 fully saturated rings. The lowest BCUT2D eigenvalue weighted by molar-refractivity contribution is -0.245. The second kappa shape index (κ2) is 5.94. The van der Waals surface area contributed by atoms with Gasteiger partial charge in [0.2, 0.25) is 0 Å². The highest BCUT2D eigenvalue weighted by Gasteiger charge is 2.66. The molecule has 0 aromatic heterocycles. The van der Waals surface area contributed by atoms with E-state index in [9.17, 15) is 0 Å². The standard InChI is InChI=1S/C18H28O6/c1-8-9-12(19-7)18(6)13(11-10-20-16(2,3)22-11)21-15-14(18)23-17(4,5)24-15/h1,11-15H,9-10H2,2-7H3/t11-,12+,13-,14+,15-,18-/m1/s1. The average Bonchev–Trinajstić information content (AvgIpc) is 3.07. The fourth-order valence-corrected chi connectivity index (χ4v) is 4.09. The molecule has 136 valence electrons. The van der Waals surface area contributed by atoms with Gasteiger partial charge in [0.15, 0.2) is 17.9 Å². The minimum Gasteiger partial charge on any atom is -0.380 e. The number of rotatable bonds is 4. The van der Waals surface area contributed by atoms with Crippen LogP contribution in [0.15, 0.2) is 0 Å². The minimum absolute atomic E-state index is 0.235. The van der Waals surface area contributed by atoms with Crippen LogP contribution >= 0.6 is 0 Å². The summed E-state index contributed by atoms with van der Waals surface area (Å²) in [6, 6.07) is 0. The van der Waals surface area contributed by atoms with Gasteiger partial charge in [-0.1, -0.05) is 6.92 Å². The van der Waals surface area contributed by atoms with Gasteiger partial charge in [0.05, 0.1) is 24.2 Å². The van der Waals surface area contributed by atoms with E-state index >= 15 is 0 Å². The Labute approximate surface area is 144 Å². The molecule has 0 saturated carbocycles. The quantitative estimate of drug-likeness (QED) is 0.730. The second-order valence-electron chi connectivity index (χ2n) is 7.85. The Bertz CT molecular complexity index is 524. The van der Waals surface area contributed by atoms with Gasteiger partial charge >= 0.3 is 0 Å². The van der Waals surface area contributed by atoms with Gasteiger partial charge in [0.25, 0.3) is 0 Å². The van der Waals surface area contributed by atoms with E-state index in [2.05, 4.69) is 12.8 Å². The normalized spacial score (nSPS) is 44.2. The Balaban J connectivity index is 1.92. The molecular weight excluding hydrogens is 312 g/mol. The molecule has 0 N–H and O–H groups in total. The van der Waals surface area contributed by atoms with E-state index in [1.54, 1.807) is 7.11 Å². The molecule has 24 heavy (non-hydrogen) atoms. The maximum absolute atomic E-state index is 6.24. The monoisotopic (exact) mass is 340 g/mol. The van der Waals surface area contributed by atoms with Crippen molar-refractivity contribution in [2.75, 3.05) is 13.7 Å². The van der Waals surface area contributed by atoms with E-state index in [-0.39, 0.29) is 24.4 Å². The second-order valence-corrected chi connectivity index (χ2v) is 7.85. The molecule has 0 bridgehead atoms. The lowest BCUT2D eigenvalue weighted by Gasteiger charge is -2.41. The molecule has 0 aliphatic carbocycles. The maximum atomic E-state index is 6.24. The lowest BCUT2D eigenvalue weighted by atomic mass is 9.72. The summed E-state index contributed by atoms with van der Waals surface area (Å²) in [7, 11) is 1.66. The summed E-state index contributed by atoms with van der Waals surface area (Å²) >= 11 is 0. The number of hydrogen-bond acceptors (Lipinski definition) is 6. The fourth-order valence-electron chi connectivity index (χ4n) is 4.09. The van der Waals surface area contributed by atoms with Crippen molar-refractivity contribution in [3.05, 3.63) is 0 Å². The van der Waals surface area contributed by atoms with E-state index in [0.29, 0.717) is 13.0 Å². The van der Waals surface area contributed by atoms with Gasteiger partial charge < -0.3 is 28.4 Å². The Morgan fingerprint density at radius 2 is 1.79 bits per heavy atom. The number of fused-ring (bicyclic) bond motifs is 1. The molecule has 0 aromatic rings. The predicted molar refractivity (Wildman–Crippen MR) is 86.0 cm³/mol. The van der Waals surface area contributed by atoms with Gasteiger partial charge in [-0.05, 0) is 27.7 Å². The Morgan fingerprint density at radius 3 is 2.33 bits per heavy atom. The SMILES string of the molecule is C#CC[C@H](OC)[C@]1(C)[C@@H]([C@H]2COC(C)(C)O2)O[C@@H]2OC(C)(C)O[C@@H]21. The van der Waals surface area contributed by atoms with Crippen LogP contribution in [0.1, 0.15) is 41.0 Å². The summed E-state index contributed by atoms with van der Waals surface area (Å²) < 4.78 is 35.9. The van der Waals surface area contributed by atoms with E-state index in [1.165, 1.54) is 0 Å². The third-order valence-corrected chi connectivity index (χ3v) is 5.21. The number of terminal acetylenes is 1. The smallest absolute Gasteiger partial charge is 0.188 e. The van der Waals surface area contributed by atoms with Gasteiger partial charge in [-0.25, -0.2) is 0 Å². The van der Waals surface area contributed by atoms with Crippen LogP contribution in [-0.4, -0.2) is 56.0 Å². The summed E-state index contributed by atoms with van der Waals surface area (Å²) in [5.41, 5.74) is -0.520. The molecule has 0 radical (unpaired) electrons. The van der Waals surface area contributed by atoms with Crippen molar-refractivity contribution >= 4 is 0 Å². The maximum Gasteiger partial charge on any atom is 0.188 e. The van der Waals surface area contributed by atoms with Gasteiger partial charge in [-0.3, -0.25) is 0 Å². The first-order valence-electron chi connectivity index (χ1n) is 8.42.